The molecule has 1 aromatic heterocycles. The van der Waals surface area contributed by atoms with E-state index in [9.17, 15) is 4.39 Å². The molecule has 4 nitrogen and oxygen atoms in total. The summed E-state index contributed by atoms with van der Waals surface area (Å²) in [4.78, 5) is 8.95. The van der Waals surface area contributed by atoms with Crippen LogP contribution >= 0.6 is 0 Å². The molecule has 2 rings (SSSR count). The Morgan fingerprint density at radius 3 is 2.43 bits per heavy atom. The van der Waals surface area contributed by atoms with Crippen molar-refractivity contribution < 1.29 is 4.39 Å². The van der Waals surface area contributed by atoms with Gasteiger partial charge in [-0.1, -0.05) is 19.1 Å². The van der Waals surface area contributed by atoms with Crippen LogP contribution in [0.1, 0.15) is 30.8 Å². The summed E-state index contributed by atoms with van der Waals surface area (Å²) in [6.07, 6.45) is 0.726. The number of para-hydroxylation sites is 1. The molecule has 0 saturated heterocycles. The summed E-state index contributed by atoms with van der Waals surface area (Å²) in [5.74, 6) is 1.89. The third kappa shape index (κ3) is 3.29. The highest BCUT2D eigenvalue weighted by Gasteiger charge is 2.13. The van der Waals surface area contributed by atoms with Crippen molar-refractivity contribution in [3.05, 3.63) is 41.0 Å². The Balaban J connectivity index is 2.46. The lowest BCUT2D eigenvalue weighted by molar-refractivity contribution is 0.630. The zero-order valence-electron chi connectivity index (χ0n) is 12.9. The summed E-state index contributed by atoms with van der Waals surface area (Å²) in [6, 6.07) is 5.01. The van der Waals surface area contributed by atoms with Gasteiger partial charge in [0.05, 0.1) is 5.69 Å². The van der Waals surface area contributed by atoms with Gasteiger partial charge in [-0.25, -0.2) is 14.4 Å². The van der Waals surface area contributed by atoms with E-state index in [0.29, 0.717) is 11.5 Å². The van der Waals surface area contributed by atoms with Crippen LogP contribution in [-0.4, -0.2) is 16.5 Å². The molecule has 5 heteroatoms. The number of aryl methyl sites for hydroxylation is 2. The molecular weight excluding hydrogens is 267 g/mol. The summed E-state index contributed by atoms with van der Waals surface area (Å²) in [6.45, 7) is 8.59. The number of hydrogen-bond donors (Lipinski definition) is 2. The quantitative estimate of drug-likeness (QED) is 0.874. The van der Waals surface area contributed by atoms with Crippen LogP contribution in [-0.2, 0) is 6.42 Å². The van der Waals surface area contributed by atoms with E-state index < -0.39 is 0 Å². The van der Waals surface area contributed by atoms with Gasteiger partial charge in [0, 0.05) is 18.5 Å². The Hall–Kier alpha value is -2.17. The zero-order valence-corrected chi connectivity index (χ0v) is 12.9. The van der Waals surface area contributed by atoms with E-state index in [2.05, 4.69) is 20.6 Å². The topological polar surface area (TPSA) is 49.8 Å². The van der Waals surface area contributed by atoms with Crippen LogP contribution in [0.3, 0.4) is 0 Å². The van der Waals surface area contributed by atoms with Gasteiger partial charge < -0.3 is 10.6 Å². The average molecular weight is 288 g/mol. The van der Waals surface area contributed by atoms with Crippen molar-refractivity contribution in [2.45, 2.75) is 34.1 Å². The van der Waals surface area contributed by atoms with E-state index in [1.807, 2.05) is 33.8 Å². The summed E-state index contributed by atoms with van der Waals surface area (Å²) in [5, 5.41) is 6.34. The predicted molar refractivity (Wildman–Crippen MR) is 84.7 cm³/mol. The second-order valence-corrected chi connectivity index (χ2v) is 4.90. The fraction of sp³-hybridized carbons (Fsp3) is 0.375. The van der Waals surface area contributed by atoms with Gasteiger partial charge in [-0.15, -0.1) is 0 Å². The van der Waals surface area contributed by atoms with Crippen LogP contribution in [0.4, 0.5) is 21.7 Å². The minimum atomic E-state index is -0.281. The van der Waals surface area contributed by atoms with Crippen LogP contribution in [0.25, 0.3) is 0 Å². The highest BCUT2D eigenvalue weighted by Crippen LogP contribution is 2.27. The van der Waals surface area contributed by atoms with Crippen molar-refractivity contribution in [2.24, 2.45) is 0 Å². The largest absolute Gasteiger partial charge is 0.370 e. The molecule has 2 aromatic rings. The molecule has 0 bridgehead atoms. The Kier molecular flexibility index (Phi) is 4.73. The Morgan fingerprint density at radius 1 is 1.10 bits per heavy atom. The minimum absolute atomic E-state index is 0.281. The first-order valence-corrected chi connectivity index (χ1v) is 7.20. The van der Waals surface area contributed by atoms with Gasteiger partial charge in [0.2, 0.25) is 0 Å². The first-order chi connectivity index (χ1) is 10.1. The van der Waals surface area contributed by atoms with Gasteiger partial charge in [-0.05, 0) is 32.4 Å². The lowest BCUT2D eigenvalue weighted by atomic mass is 10.2. The number of hydrogen-bond acceptors (Lipinski definition) is 4. The van der Waals surface area contributed by atoms with Gasteiger partial charge in [0.25, 0.3) is 0 Å². The number of rotatable bonds is 5. The summed E-state index contributed by atoms with van der Waals surface area (Å²) in [5.41, 5.74) is 2.19. The molecule has 0 amide bonds. The molecule has 0 aliphatic rings. The van der Waals surface area contributed by atoms with Gasteiger partial charge in [0.15, 0.2) is 0 Å². The number of halogens is 1. The van der Waals surface area contributed by atoms with Crippen molar-refractivity contribution in [2.75, 3.05) is 17.2 Å². The molecule has 0 saturated carbocycles. The number of anilines is 3. The highest BCUT2D eigenvalue weighted by molar-refractivity contribution is 5.67. The monoisotopic (exact) mass is 288 g/mol. The maximum absolute atomic E-state index is 14.0. The van der Waals surface area contributed by atoms with Crippen molar-refractivity contribution in [3.8, 4) is 0 Å². The summed E-state index contributed by atoms with van der Waals surface area (Å²) < 4.78 is 14.0. The lowest BCUT2D eigenvalue weighted by Gasteiger charge is -2.15. The molecule has 0 aliphatic heterocycles. The second kappa shape index (κ2) is 6.52. The molecule has 0 radical (unpaired) electrons. The van der Waals surface area contributed by atoms with Crippen LogP contribution in [0.15, 0.2) is 18.2 Å². The average Bonchev–Trinajstić information content (AvgIpc) is 2.46. The van der Waals surface area contributed by atoms with E-state index in [1.54, 1.807) is 6.07 Å². The molecule has 2 N–H and O–H groups in total. The zero-order chi connectivity index (χ0) is 15.4. The standard InChI is InChI=1S/C16H21FN4/c1-5-13-19-15(18-6-2)11(4)16(20-13)21-14-10(3)8-7-9-12(14)17/h7-9H,5-6H2,1-4H3,(H2,18,19,20,21). The Bertz CT molecular complexity index is 620. The fourth-order valence-corrected chi connectivity index (χ4v) is 2.09. The summed E-state index contributed by atoms with van der Waals surface area (Å²) >= 11 is 0. The highest BCUT2D eigenvalue weighted by atomic mass is 19.1. The molecule has 21 heavy (non-hydrogen) atoms. The smallest absolute Gasteiger partial charge is 0.146 e. The normalized spacial score (nSPS) is 10.5. The predicted octanol–water partition coefficient (Wildman–Crippen LogP) is 3.97. The number of nitrogens with zero attached hydrogens (tertiary/aromatic N) is 2. The molecule has 0 spiro atoms. The van der Waals surface area contributed by atoms with E-state index in [0.717, 1.165) is 35.7 Å². The van der Waals surface area contributed by atoms with Crippen molar-refractivity contribution >= 4 is 17.3 Å². The van der Waals surface area contributed by atoms with Crippen molar-refractivity contribution in [3.63, 3.8) is 0 Å². The Morgan fingerprint density at radius 2 is 1.81 bits per heavy atom. The minimum Gasteiger partial charge on any atom is -0.370 e. The van der Waals surface area contributed by atoms with E-state index in [4.69, 9.17) is 0 Å². The van der Waals surface area contributed by atoms with Gasteiger partial charge in [-0.3, -0.25) is 0 Å². The Labute approximate surface area is 124 Å². The van der Waals surface area contributed by atoms with Gasteiger partial charge >= 0.3 is 0 Å². The van der Waals surface area contributed by atoms with E-state index >= 15 is 0 Å². The number of aromatic nitrogens is 2. The molecule has 1 aromatic carbocycles. The van der Waals surface area contributed by atoms with E-state index in [1.165, 1.54) is 6.07 Å². The fourth-order valence-electron chi connectivity index (χ4n) is 2.09. The third-order valence-electron chi connectivity index (χ3n) is 3.32. The molecule has 0 atom stereocenters. The first kappa shape index (κ1) is 15.2. The lowest BCUT2D eigenvalue weighted by Crippen LogP contribution is -2.09. The second-order valence-electron chi connectivity index (χ2n) is 4.90. The van der Waals surface area contributed by atoms with E-state index in [-0.39, 0.29) is 5.82 Å². The molecule has 0 unspecified atom stereocenters. The van der Waals surface area contributed by atoms with Crippen LogP contribution in [0.5, 0.6) is 0 Å². The maximum Gasteiger partial charge on any atom is 0.146 e. The van der Waals surface area contributed by atoms with Crippen LogP contribution in [0.2, 0.25) is 0 Å². The molecule has 112 valence electrons. The number of benzene rings is 1. The van der Waals surface area contributed by atoms with Crippen molar-refractivity contribution in [1.29, 1.82) is 0 Å². The van der Waals surface area contributed by atoms with Crippen LogP contribution in [0, 0.1) is 19.7 Å². The van der Waals surface area contributed by atoms with Gasteiger partial charge in [0.1, 0.15) is 23.3 Å². The SMILES string of the molecule is CCNc1nc(CC)nc(Nc2c(C)cccc2F)c1C. The van der Waals surface area contributed by atoms with Gasteiger partial charge in [-0.2, -0.15) is 0 Å². The maximum atomic E-state index is 14.0. The molecule has 1 heterocycles. The number of nitrogens with one attached hydrogen (secondary N) is 2. The van der Waals surface area contributed by atoms with Crippen molar-refractivity contribution in [1.82, 2.24) is 9.97 Å². The molecular formula is C16H21FN4. The molecule has 0 aliphatic carbocycles. The molecule has 0 fully saturated rings. The summed E-state index contributed by atoms with van der Waals surface area (Å²) in [7, 11) is 0. The first-order valence-electron chi connectivity index (χ1n) is 7.20. The third-order valence-corrected chi connectivity index (χ3v) is 3.32. The van der Waals surface area contributed by atoms with Crippen LogP contribution < -0.4 is 10.6 Å².